The van der Waals surface area contributed by atoms with Crippen molar-refractivity contribution in [2.24, 2.45) is 23.7 Å². The number of hydrogen-bond donors (Lipinski definition) is 1. The van der Waals surface area contributed by atoms with E-state index >= 15 is 0 Å². The molecular weight excluding hydrogens is 446 g/mol. The number of fused-ring (bicyclic) bond motifs is 5. The number of benzene rings is 1. The normalized spacial score (nSPS) is 26.0. The number of nitro benzene ring substituents is 1. The largest absolute Gasteiger partial charge is 0.300 e. The van der Waals surface area contributed by atoms with E-state index in [-0.39, 0.29) is 35.8 Å². The first-order valence-electron chi connectivity index (χ1n) is 10.8. The molecule has 2 fully saturated rings. The summed E-state index contributed by atoms with van der Waals surface area (Å²) in [6.07, 6.45) is 5.33. The number of carbonyl (C=O) groups is 3. The highest BCUT2D eigenvalue weighted by atomic mass is 32.1. The van der Waals surface area contributed by atoms with Gasteiger partial charge in [-0.15, -0.1) is 10.2 Å². The molecule has 1 saturated heterocycles. The molecule has 0 spiro atoms. The Balaban J connectivity index is 1.44. The Labute approximate surface area is 192 Å². The Morgan fingerprint density at radius 2 is 1.82 bits per heavy atom. The van der Waals surface area contributed by atoms with Crippen molar-refractivity contribution in [2.45, 2.75) is 32.2 Å². The molecule has 3 aliphatic rings. The number of nitro groups is 1. The highest BCUT2D eigenvalue weighted by Crippen LogP contribution is 2.54. The van der Waals surface area contributed by atoms with E-state index in [4.69, 9.17) is 0 Å². The smallest absolute Gasteiger partial charge is 0.269 e. The van der Waals surface area contributed by atoms with Gasteiger partial charge in [-0.25, -0.2) is 0 Å². The Hall–Kier alpha value is -3.47. The third kappa shape index (κ3) is 3.62. The Morgan fingerprint density at radius 3 is 2.36 bits per heavy atom. The zero-order chi connectivity index (χ0) is 23.3. The Kier molecular flexibility index (Phi) is 5.28. The highest BCUT2D eigenvalue weighted by molar-refractivity contribution is 7.15. The van der Waals surface area contributed by atoms with Gasteiger partial charge in [0.2, 0.25) is 22.9 Å². The monoisotopic (exact) mass is 467 g/mol. The SMILES string of the molecule is CCc1nnc(NC(=O)CC(c2ccc([N+](=O)[O-])cc2)N2C(=O)C3C4C=CC(C4)C3C2=O)s1. The van der Waals surface area contributed by atoms with Crippen LogP contribution in [0, 0.1) is 33.8 Å². The third-order valence-electron chi connectivity index (χ3n) is 6.70. The van der Waals surface area contributed by atoms with Gasteiger partial charge in [-0.2, -0.15) is 0 Å². The van der Waals surface area contributed by atoms with Gasteiger partial charge in [-0.05, 0) is 30.2 Å². The molecule has 5 atom stereocenters. The van der Waals surface area contributed by atoms with Gasteiger partial charge in [0, 0.05) is 12.1 Å². The fourth-order valence-electron chi connectivity index (χ4n) is 5.20. The van der Waals surface area contributed by atoms with E-state index in [0.717, 1.165) is 11.4 Å². The maximum Gasteiger partial charge on any atom is 0.269 e. The number of non-ortho nitro benzene ring substituents is 1. The molecule has 170 valence electrons. The summed E-state index contributed by atoms with van der Waals surface area (Å²) in [5, 5.41) is 22.8. The number of hydrogen-bond acceptors (Lipinski definition) is 8. The van der Waals surface area contributed by atoms with Crippen LogP contribution in [0.4, 0.5) is 10.8 Å². The van der Waals surface area contributed by atoms with E-state index in [0.29, 0.717) is 17.1 Å². The van der Waals surface area contributed by atoms with E-state index in [1.54, 1.807) is 0 Å². The number of imide groups is 1. The number of nitrogens with one attached hydrogen (secondary N) is 1. The van der Waals surface area contributed by atoms with Crippen molar-refractivity contribution >= 4 is 39.9 Å². The third-order valence-corrected chi connectivity index (χ3v) is 7.68. The number of aryl methyl sites for hydroxylation is 1. The van der Waals surface area contributed by atoms with Crippen LogP contribution in [0.1, 0.15) is 36.4 Å². The number of nitrogens with zero attached hydrogens (tertiary/aromatic N) is 4. The van der Waals surface area contributed by atoms with Gasteiger partial charge < -0.3 is 5.32 Å². The fraction of sp³-hybridized carbons (Fsp3) is 0.409. The summed E-state index contributed by atoms with van der Waals surface area (Å²) in [5.74, 6) is -1.68. The number of anilines is 1. The molecule has 1 aliphatic heterocycles. The summed E-state index contributed by atoms with van der Waals surface area (Å²) in [6, 6.07) is 4.76. The molecule has 3 amide bonds. The quantitative estimate of drug-likeness (QED) is 0.286. The lowest BCUT2D eigenvalue weighted by molar-refractivity contribution is -0.384. The van der Waals surface area contributed by atoms with Gasteiger partial charge >= 0.3 is 0 Å². The molecule has 1 aromatic heterocycles. The first-order valence-corrected chi connectivity index (χ1v) is 11.6. The van der Waals surface area contributed by atoms with Crippen LogP contribution in [-0.2, 0) is 20.8 Å². The van der Waals surface area contributed by atoms with Crippen molar-refractivity contribution in [1.29, 1.82) is 0 Å². The molecule has 0 radical (unpaired) electrons. The van der Waals surface area contributed by atoms with Crippen molar-refractivity contribution in [3.05, 3.63) is 57.1 Å². The molecule has 2 aliphatic carbocycles. The van der Waals surface area contributed by atoms with Crippen LogP contribution in [-0.4, -0.2) is 37.7 Å². The number of likely N-dealkylation sites (tertiary alicyclic amines) is 1. The van der Waals surface area contributed by atoms with Crippen LogP contribution in [0.25, 0.3) is 0 Å². The minimum atomic E-state index is -0.866. The van der Waals surface area contributed by atoms with Crippen LogP contribution < -0.4 is 5.32 Å². The minimum absolute atomic E-state index is 0.0432. The Morgan fingerprint density at radius 1 is 1.18 bits per heavy atom. The fourth-order valence-corrected chi connectivity index (χ4v) is 5.90. The Bertz CT molecular complexity index is 1150. The van der Waals surface area contributed by atoms with E-state index in [1.807, 2.05) is 19.1 Å². The van der Waals surface area contributed by atoms with Crippen molar-refractivity contribution < 1.29 is 19.3 Å². The summed E-state index contributed by atoms with van der Waals surface area (Å²) >= 11 is 1.26. The summed E-state index contributed by atoms with van der Waals surface area (Å²) < 4.78 is 0. The van der Waals surface area contributed by atoms with Crippen molar-refractivity contribution in [3.8, 4) is 0 Å². The van der Waals surface area contributed by atoms with Gasteiger partial charge in [0.15, 0.2) is 0 Å². The molecule has 1 saturated carbocycles. The topological polar surface area (TPSA) is 135 Å². The molecule has 11 heteroatoms. The van der Waals surface area contributed by atoms with Crippen molar-refractivity contribution in [2.75, 3.05) is 5.32 Å². The van der Waals surface area contributed by atoms with Crippen LogP contribution >= 0.6 is 11.3 Å². The van der Waals surface area contributed by atoms with Gasteiger partial charge in [-0.1, -0.05) is 42.5 Å². The van der Waals surface area contributed by atoms with Gasteiger partial charge in [0.05, 0.1) is 29.2 Å². The zero-order valence-electron chi connectivity index (χ0n) is 17.7. The highest BCUT2D eigenvalue weighted by Gasteiger charge is 2.60. The summed E-state index contributed by atoms with van der Waals surface area (Å²) in [4.78, 5) is 51.4. The summed E-state index contributed by atoms with van der Waals surface area (Å²) in [7, 11) is 0. The van der Waals surface area contributed by atoms with Crippen LogP contribution in [0.3, 0.4) is 0 Å². The zero-order valence-corrected chi connectivity index (χ0v) is 18.5. The average Bonchev–Trinajstić information content (AvgIpc) is 3.57. The second-order valence-corrected chi connectivity index (χ2v) is 9.58. The van der Waals surface area contributed by atoms with Gasteiger partial charge in [0.1, 0.15) is 5.01 Å². The predicted molar refractivity (Wildman–Crippen MR) is 118 cm³/mol. The lowest BCUT2D eigenvalue weighted by Gasteiger charge is -2.27. The number of aromatic nitrogens is 2. The molecule has 10 nitrogen and oxygen atoms in total. The summed E-state index contributed by atoms with van der Waals surface area (Å²) in [6.45, 7) is 1.93. The standard InChI is InChI=1S/C22H21N5O5S/c1-2-17-24-25-22(33-17)23-16(28)10-15(11-5-7-14(8-6-11)27(31)32)26-20(29)18-12-3-4-13(9-12)19(18)21(26)30/h3-8,12-13,15,18-19H,2,9-10H2,1H3,(H,23,25,28). The first-order chi connectivity index (χ1) is 15.9. The second-order valence-electron chi connectivity index (χ2n) is 8.52. The molecule has 2 heterocycles. The second kappa shape index (κ2) is 8.14. The van der Waals surface area contributed by atoms with Crippen molar-refractivity contribution in [3.63, 3.8) is 0 Å². The molecule has 2 aromatic rings. The number of amides is 3. The molecular formula is C22H21N5O5S. The maximum atomic E-state index is 13.4. The first kappa shape index (κ1) is 21.4. The molecule has 5 rings (SSSR count). The van der Waals surface area contributed by atoms with Crippen LogP contribution in [0.2, 0.25) is 0 Å². The van der Waals surface area contributed by atoms with Crippen molar-refractivity contribution in [1.82, 2.24) is 15.1 Å². The molecule has 2 bridgehead atoms. The van der Waals surface area contributed by atoms with E-state index in [1.165, 1.54) is 40.5 Å². The van der Waals surface area contributed by atoms with Gasteiger partial charge in [-0.3, -0.25) is 29.4 Å². The molecule has 5 unspecified atom stereocenters. The predicted octanol–water partition coefficient (Wildman–Crippen LogP) is 2.89. The summed E-state index contributed by atoms with van der Waals surface area (Å²) in [5.41, 5.74) is 0.380. The van der Waals surface area contributed by atoms with Gasteiger partial charge in [0.25, 0.3) is 5.69 Å². The molecule has 33 heavy (non-hydrogen) atoms. The van der Waals surface area contributed by atoms with Crippen LogP contribution in [0.15, 0.2) is 36.4 Å². The average molecular weight is 468 g/mol. The number of allylic oxidation sites excluding steroid dienone is 2. The van der Waals surface area contributed by atoms with E-state index < -0.39 is 28.7 Å². The molecule has 1 aromatic carbocycles. The van der Waals surface area contributed by atoms with E-state index in [9.17, 15) is 24.5 Å². The van der Waals surface area contributed by atoms with E-state index in [2.05, 4.69) is 15.5 Å². The lowest BCUT2D eigenvalue weighted by Crippen LogP contribution is -2.38. The number of rotatable bonds is 7. The maximum absolute atomic E-state index is 13.4. The van der Waals surface area contributed by atoms with Crippen LogP contribution in [0.5, 0.6) is 0 Å². The minimum Gasteiger partial charge on any atom is -0.300 e. The lowest BCUT2D eigenvalue weighted by atomic mass is 9.85. The number of carbonyl (C=O) groups excluding carboxylic acids is 3. The molecule has 1 N–H and O–H groups in total.